The number of benzene rings is 1. The molecular formula is C18H28N2O4. The molecule has 1 fully saturated rings. The predicted octanol–water partition coefficient (Wildman–Crippen LogP) is 2.57. The zero-order valence-electron chi connectivity index (χ0n) is 14.6. The molecule has 24 heavy (non-hydrogen) atoms. The number of nitrogens with two attached hydrogens (primary N) is 2. The van der Waals surface area contributed by atoms with Gasteiger partial charge in [0.05, 0.1) is 11.1 Å². The van der Waals surface area contributed by atoms with Crippen LogP contribution in [0.3, 0.4) is 0 Å². The van der Waals surface area contributed by atoms with Crippen LogP contribution in [-0.2, 0) is 0 Å². The van der Waals surface area contributed by atoms with Gasteiger partial charge in [-0.1, -0.05) is 20.8 Å². The van der Waals surface area contributed by atoms with Crippen molar-refractivity contribution in [1.82, 2.24) is 0 Å². The summed E-state index contributed by atoms with van der Waals surface area (Å²) < 4.78 is 0. The molecule has 0 aliphatic heterocycles. The first kappa shape index (κ1) is 20.1. The molecule has 1 aromatic carbocycles. The van der Waals surface area contributed by atoms with E-state index >= 15 is 0 Å². The molecule has 1 aromatic rings. The molecule has 2 atom stereocenters. The third-order valence-corrected chi connectivity index (χ3v) is 4.35. The lowest BCUT2D eigenvalue weighted by Crippen LogP contribution is -2.45. The maximum Gasteiger partial charge on any atom is 0.335 e. The SMILES string of the molecule is CC1(C)CC(N)CC(C)(CN)C1.O=C(O)c1ccc(C(=O)O)cc1. The van der Waals surface area contributed by atoms with Crippen molar-refractivity contribution in [2.24, 2.45) is 22.3 Å². The van der Waals surface area contributed by atoms with Gasteiger partial charge < -0.3 is 21.7 Å². The van der Waals surface area contributed by atoms with Crippen molar-refractivity contribution < 1.29 is 19.8 Å². The number of carboxylic acid groups (broad SMARTS) is 2. The molecular weight excluding hydrogens is 308 g/mol. The summed E-state index contributed by atoms with van der Waals surface area (Å²) in [6.45, 7) is 7.61. The van der Waals surface area contributed by atoms with Gasteiger partial charge >= 0.3 is 11.9 Å². The summed E-state index contributed by atoms with van der Waals surface area (Å²) in [5.41, 5.74) is 12.6. The average molecular weight is 336 g/mol. The van der Waals surface area contributed by atoms with Crippen LogP contribution < -0.4 is 11.5 Å². The van der Waals surface area contributed by atoms with Gasteiger partial charge in [0.15, 0.2) is 0 Å². The highest BCUT2D eigenvalue weighted by Crippen LogP contribution is 2.44. The number of aromatic carboxylic acids is 2. The van der Waals surface area contributed by atoms with Crippen LogP contribution >= 0.6 is 0 Å². The van der Waals surface area contributed by atoms with E-state index in [1.807, 2.05) is 0 Å². The normalized spacial score (nSPS) is 25.3. The molecule has 0 heterocycles. The lowest BCUT2D eigenvalue weighted by molar-refractivity contribution is 0.0681. The molecule has 6 N–H and O–H groups in total. The second-order valence-electron chi connectivity index (χ2n) is 7.71. The number of rotatable bonds is 3. The zero-order valence-corrected chi connectivity index (χ0v) is 14.6. The van der Waals surface area contributed by atoms with Crippen molar-refractivity contribution in [2.45, 2.75) is 46.1 Å². The fourth-order valence-electron chi connectivity index (χ4n) is 3.63. The minimum absolute atomic E-state index is 0.0833. The second-order valence-corrected chi connectivity index (χ2v) is 7.71. The van der Waals surface area contributed by atoms with Gasteiger partial charge in [-0.3, -0.25) is 0 Å². The molecule has 0 radical (unpaired) electrons. The predicted molar refractivity (Wildman–Crippen MR) is 93.1 cm³/mol. The van der Waals surface area contributed by atoms with E-state index in [0.717, 1.165) is 19.4 Å². The highest BCUT2D eigenvalue weighted by atomic mass is 16.4. The molecule has 0 bridgehead atoms. The third-order valence-electron chi connectivity index (χ3n) is 4.35. The lowest BCUT2D eigenvalue weighted by atomic mass is 9.63. The van der Waals surface area contributed by atoms with Crippen LogP contribution in [0.4, 0.5) is 0 Å². The van der Waals surface area contributed by atoms with Crippen LogP contribution in [0.2, 0.25) is 0 Å². The summed E-state index contributed by atoms with van der Waals surface area (Å²) in [5, 5.41) is 16.9. The van der Waals surface area contributed by atoms with Gasteiger partial charge in [-0.25, -0.2) is 9.59 Å². The molecule has 1 saturated carbocycles. The van der Waals surface area contributed by atoms with Crippen molar-refractivity contribution in [3.63, 3.8) is 0 Å². The fraction of sp³-hybridized carbons (Fsp3) is 0.556. The minimum Gasteiger partial charge on any atom is -0.478 e. The Kier molecular flexibility index (Phi) is 6.51. The van der Waals surface area contributed by atoms with Crippen molar-refractivity contribution in [3.8, 4) is 0 Å². The van der Waals surface area contributed by atoms with Crippen LogP contribution in [0.25, 0.3) is 0 Å². The van der Waals surface area contributed by atoms with Crippen LogP contribution in [0.1, 0.15) is 60.7 Å². The van der Waals surface area contributed by atoms with Crippen molar-refractivity contribution in [1.29, 1.82) is 0 Å². The Morgan fingerprint density at radius 1 is 1.04 bits per heavy atom. The number of hydrogen-bond donors (Lipinski definition) is 4. The van der Waals surface area contributed by atoms with Crippen LogP contribution in [0, 0.1) is 10.8 Å². The Bertz CT molecular complexity index is 550. The summed E-state index contributed by atoms with van der Waals surface area (Å²) in [5.74, 6) is -2.13. The summed E-state index contributed by atoms with van der Waals surface area (Å²) >= 11 is 0. The fourth-order valence-corrected chi connectivity index (χ4v) is 3.63. The van der Waals surface area contributed by atoms with E-state index < -0.39 is 11.9 Å². The lowest BCUT2D eigenvalue weighted by Gasteiger charge is -2.45. The molecule has 0 aromatic heterocycles. The van der Waals surface area contributed by atoms with E-state index in [9.17, 15) is 9.59 Å². The Labute approximate surface area is 142 Å². The number of carbonyl (C=O) groups is 2. The van der Waals surface area contributed by atoms with Gasteiger partial charge in [-0.05, 0) is 60.9 Å². The van der Waals surface area contributed by atoms with Crippen molar-refractivity contribution in [3.05, 3.63) is 35.4 Å². The molecule has 134 valence electrons. The van der Waals surface area contributed by atoms with Crippen molar-refractivity contribution >= 4 is 11.9 Å². The average Bonchev–Trinajstić information content (AvgIpc) is 2.45. The Balaban J connectivity index is 0.000000240. The highest BCUT2D eigenvalue weighted by molar-refractivity contribution is 5.91. The van der Waals surface area contributed by atoms with Crippen molar-refractivity contribution in [2.75, 3.05) is 6.54 Å². The van der Waals surface area contributed by atoms with Crippen LogP contribution in [0.15, 0.2) is 24.3 Å². The molecule has 0 spiro atoms. The zero-order chi connectivity index (χ0) is 18.5. The van der Waals surface area contributed by atoms with Gasteiger partial charge in [0.2, 0.25) is 0 Å². The molecule has 2 unspecified atom stereocenters. The maximum atomic E-state index is 10.3. The molecule has 0 amide bonds. The number of hydrogen-bond acceptors (Lipinski definition) is 4. The monoisotopic (exact) mass is 336 g/mol. The quantitative estimate of drug-likeness (QED) is 0.672. The first-order valence-electron chi connectivity index (χ1n) is 8.00. The van der Waals surface area contributed by atoms with Gasteiger partial charge in [-0.2, -0.15) is 0 Å². The first-order valence-corrected chi connectivity index (χ1v) is 8.00. The topological polar surface area (TPSA) is 127 Å². The minimum atomic E-state index is -1.06. The smallest absolute Gasteiger partial charge is 0.335 e. The first-order chi connectivity index (χ1) is 11.0. The molecule has 0 saturated heterocycles. The van der Waals surface area contributed by atoms with Crippen LogP contribution in [-0.4, -0.2) is 34.7 Å². The molecule has 6 heteroatoms. The molecule has 2 rings (SSSR count). The third kappa shape index (κ3) is 5.94. The van der Waals surface area contributed by atoms with Gasteiger partial charge in [0, 0.05) is 6.04 Å². The van der Waals surface area contributed by atoms with Gasteiger partial charge in [0.1, 0.15) is 0 Å². The second kappa shape index (κ2) is 7.77. The van der Waals surface area contributed by atoms with E-state index in [0.29, 0.717) is 11.5 Å². The van der Waals surface area contributed by atoms with E-state index in [1.165, 1.54) is 30.7 Å². The van der Waals surface area contributed by atoms with Gasteiger partial charge in [0.25, 0.3) is 0 Å². The Morgan fingerprint density at radius 3 is 1.75 bits per heavy atom. The van der Waals surface area contributed by atoms with E-state index in [1.54, 1.807) is 0 Å². The molecule has 1 aliphatic carbocycles. The highest BCUT2D eigenvalue weighted by Gasteiger charge is 2.38. The maximum absolute atomic E-state index is 10.3. The summed E-state index contributed by atoms with van der Waals surface area (Å²) in [7, 11) is 0. The van der Waals surface area contributed by atoms with E-state index in [2.05, 4.69) is 20.8 Å². The van der Waals surface area contributed by atoms with Crippen LogP contribution in [0.5, 0.6) is 0 Å². The number of carboxylic acids is 2. The summed E-state index contributed by atoms with van der Waals surface area (Å²) in [6.07, 6.45) is 3.44. The molecule has 1 aliphatic rings. The van der Waals surface area contributed by atoms with Gasteiger partial charge in [-0.15, -0.1) is 0 Å². The summed E-state index contributed by atoms with van der Waals surface area (Å²) in [6, 6.07) is 5.37. The Morgan fingerprint density at radius 2 is 1.46 bits per heavy atom. The Hall–Kier alpha value is -1.92. The summed E-state index contributed by atoms with van der Waals surface area (Å²) in [4.78, 5) is 20.7. The molecule has 6 nitrogen and oxygen atoms in total. The van der Waals surface area contributed by atoms with E-state index in [4.69, 9.17) is 21.7 Å². The largest absolute Gasteiger partial charge is 0.478 e. The standard InChI is InChI=1S/C10H22N2.C8H6O4/c1-9(2)4-8(12)5-10(3,6-9)7-11;9-7(10)5-1-2-6(4-3-5)8(11)12/h8H,4-7,11-12H2,1-3H3;1-4H,(H,9,10)(H,11,12). The van der Waals surface area contributed by atoms with E-state index in [-0.39, 0.29) is 16.5 Å².